The number of rotatable bonds is 6. The summed E-state index contributed by atoms with van der Waals surface area (Å²) >= 11 is 0. The Morgan fingerprint density at radius 3 is 2.61 bits per heavy atom. The molecular formula is C15H20N2O. The average molecular weight is 244 g/mol. The van der Waals surface area contributed by atoms with Crippen LogP contribution in [0.1, 0.15) is 49.5 Å². The Kier molecular flexibility index (Phi) is 3.06. The van der Waals surface area contributed by atoms with Crippen molar-refractivity contribution in [2.24, 2.45) is 5.92 Å². The van der Waals surface area contributed by atoms with Gasteiger partial charge in [0, 0.05) is 19.0 Å². The summed E-state index contributed by atoms with van der Waals surface area (Å²) in [6.07, 6.45) is 7.78. The van der Waals surface area contributed by atoms with E-state index in [0.717, 1.165) is 12.0 Å². The van der Waals surface area contributed by atoms with Crippen molar-refractivity contribution in [3.63, 3.8) is 0 Å². The number of carbonyl (C=O) groups is 1. The molecule has 2 aliphatic carbocycles. The molecule has 3 rings (SSSR count). The molecule has 1 heterocycles. The lowest BCUT2D eigenvalue weighted by molar-refractivity contribution is 0.0983. The molecule has 2 saturated carbocycles. The van der Waals surface area contributed by atoms with Crippen LogP contribution in [-0.2, 0) is 0 Å². The fourth-order valence-electron chi connectivity index (χ4n) is 2.33. The standard InChI is InChI=1S/C15H20N2O/c1-2-15(18)14-8-7-13(9-16-14)17(12-5-6-12)10-11-3-4-11/h7-9,11-12H,2-6,10H2,1H3. The number of carbonyl (C=O) groups excluding carboxylic acids is 1. The Balaban J connectivity index is 1.74. The lowest BCUT2D eigenvalue weighted by atomic mass is 10.2. The van der Waals surface area contributed by atoms with Gasteiger partial charge in [-0.05, 0) is 43.7 Å². The molecule has 2 aliphatic rings. The molecular weight excluding hydrogens is 224 g/mol. The Morgan fingerprint density at radius 2 is 2.11 bits per heavy atom. The zero-order chi connectivity index (χ0) is 12.5. The van der Waals surface area contributed by atoms with Gasteiger partial charge in [-0.15, -0.1) is 0 Å². The maximum absolute atomic E-state index is 11.6. The SMILES string of the molecule is CCC(=O)c1ccc(N(CC2CC2)C2CC2)cn1. The molecule has 18 heavy (non-hydrogen) atoms. The van der Waals surface area contributed by atoms with E-state index in [9.17, 15) is 4.79 Å². The number of pyridine rings is 1. The maximum Gasteiger partial charge on any atom is 0.180 e. The number of Topliss-reactive ketones (excluding diaryl/α,β-unsaturated/α-hetero) is 1. The van der Waals surface area contributed by atoms with Gasteiger partial charge in [0.15, 0.2) is 5.78 Å². The number of ketones is 1. The fraction of sp³-hybridized carbons (Fsp3) is 0.600. The summed E-state index contributed by atoms with van der Waals surface area (Å²) in [5.41, 5.74) is 1.79. The molecule has 1 aromatic rings. The highest BCUT2D eigenvalue weighted by Gasteiger charge is 2.33. The van der Waals surface area contributed by atoms with Gasteiger partial charge in [0.2, 0.25) is 0 Å². The molecule has 0 aromatic carbocycles. The van der Waals surface area contributed by atoms with Crippen LogP contribution in [0.15, 0.2) is 18.3 Å². The minimum atomic E-state index is 0.127. The number of nitrogens with zero attached hydrogens (tertiary/aromatic N) is 2. The molecule has 0 amide bonds. The van der Waals surface area contributed by atoms with Gasteiger partial charge >= 0.3 is 0 Å². The van der Waals surface area contributed by atoms with Gasteiger partial charge in [-0.3, -0.25) is 9.78 Å². The second-order valence-electron chi connectivity index (χ2n) is 5.51. The molecule has 0 aliphatic heterocycles. The summed E-state index contributed by atoms with van der Waals surface area (Å²) in [7, 11) is 0. The molecule has 0 saturated heterocycles. The Hall–Kier alpha value is -1.38. The normalized spacial score (nSPS) is 18.7. The lowest BCUT2D eigenvalue weighted by Crippen LogP contribution is -2.28. The van der Waals surface area contributed by atoms with E-state index in [1.54, 1.807) is 0 Å². The zero-order valence-electron chi connectivity index (χ0n) is 10.9. The van der Waals surface area contributed by atoms with E-state index in [1.807, 2.05) is 19.2 Å². The molecule has 0 radical (unpaired) electrons. The summed E-state index contributed by atoms with van der Waals surface area (Å²) in [6, 6.07) is 4.67. The van der Waals surface area contributed by atoms with Gasteiger partial charge in [-0.2, -0.15) is 0 Å². The van der Waals surface area contributed by atoms with Crippen LogP contribution < -0.4 is 4.90 Å². The van der Waals surface area contributed by atoms with Crippen LogP contribution in [0.2, 0.25) is 0 Å². The van der Waals surface area contributed by atoms with Gasteiger partial charge in [0.1, 0.15) is 5.69 Å². The topological polar surface area (TPSA) is 33.2 Å². The monoisotopic (exact) mass is 244 g/mol. The van der Waals surface area contributed by atoms with Gasteiger partial charge in [0.05, 0.1) is 11.9 Å². The third kappa shape index (κ3) is 2.55. The van der Waals surface area contributed by atoms with Crippen LogP contribution in [0, 0.1) is 5.92 Å². The van der Waals surface area contributed by atoms with E-state index >= 15 is 0 Å². The maximum atomic E-state index is 11.6. The third-order valence-corrected chi connectivity index (χ3v) is 3.83. The van der Waals surface area contributed by atoms with Crippen molar-refractivity contribution in [2.45, 2.75) is 45.1 Å². The molecule has 3 nitrogen and oxygen atoms in total. The Labute approximate surface area is 108 Å². The molecule has 0 N–H and O–H groups in total. The fourth-order valence-corrected chi connectivity index (χ4v) is 2.33. The molecule has 3 heteroatoms. The summed E-state index contributed by atoms with van der Waals surface area (Å²) in [5.74, 6) is 1.02. The van der Waals surface area contributed by atoms with Crippen molar-refractivity contribution in [1.82, 2.24) is 4.98 Å². The molecule has 0 bridgehead atoms. The Bertz CT molecular complexity index is 432. The second kappa shape index (κ2) is 4.71. The van der Waals surface area contributed by atoms with Crippen LogP contribution in [0.4, 0.5) is 5.69 Å². The van der Waals surface area contributed by atoms with Crippen LogP contribution in [0.5, 0.6) is 0 Å². The first-order valence-corrected chi connectivity index (χ1v) is 7.04. The first kappa shape index (κ1) is 11.7. The van der Waals surface area contributed by atoms with Crippen LogP contribution in [-0.4, -0.2) is 23.4 Å². The largest absolute Gasteiger partial charge is 0.367 e. The van der Waals surface area contributed by atoms with Crippen molar-refractivity contribution >= 4 is 11.5 Å². The van der Waals surface area contributed by atoms with E-state index in [-0.39, 0.29) is 5.78 Å². The van der Waals surface area contributed by atoms with Crippen LogP contribution >= 0.6 is 0 Å². The van der Waals surface area contributed by atoms with Crippen molar-refractivity contribution in [2.75, 3.05) is 11.4 Å². The number of hydrogen-bond acceptors (Lipinski definition) is 3. The lowest BCUT2D eigenvalue weighted by Gasteiger charge is -2.24. The van der Waals surface area contributed by atoms with E-state index in [0.29, 0.717) is 12.1 Å². The van der Waals surface area contributed by atoms with Crippen molar-refractivity contribution in [3.8, 4) is 0 Å². The van der Waals surface area contributed by atoms with Gasteiger partial charge in [-0.25, -0.2) is 0 Å². The predicted molar refractivity (Wildman–Crippen MR) is 72.0 cm³/mol. The summed E-state index contributed by atoms with van der Waals surface area (Å²) in [5, 5.41) is 0. The van der Waals surface area contributed by atoms with E-state index in [2.05, 4.69) is 16.0 Å². The van der Waals surface area contributed by atoms with Crippen LogP contribution in [0.3, 0.4) is 0 Å². The van der Waals surface area contributed by atoms with Crippen molar-refractivity contribution in [3.05, 3.63) is 24.0 Å². The zero-order valence-corrected chi connectivity index (χ0v) is 10.9. The van der Waals surface area contributed by atoms with Crippen LogP contribution in [0.25, 0.3) is 0 Å². The average Bonchev–Trinajstić information content (AvgIpc) is 3.28. The summed E-state index contributed by atoms with van der Waals surface area (Å²) in [6.45, 7) is 3.05. The first-order chi connectivity index (χ1) is 8.78. The summed E-state index contributed by atoms with van der Waals surface area (Å²) < 4.78 is 0. The number of hydrogen-bond donors (Lipinski definition) is 0. The number of anilines is 1. The molecule has 96 valence electrons. The highest BCUT2D eigenvalue weighted by molar-refractivity contribution is 5.94. The van der Waals surface area contributed by atoms with E-state index < -0.39 is 0 Å². The minimum absolute atomic E-state index is 0.127. The minimum Gasteiger partial charge on any atom is -0.367 e. The summed E-state index contributed by atoms with van der Waals surface area (Å²) in [4.78, 5) is 18.4. The van der Waals surface area contributed by atoms with Gasteiger partial charge < -0.3 is 4.90 Å². The first-order valence-electron chi connectivity index (χ1n) is 7.04. The van der Waals surface area contributed by atoms with Gasteiger partial charge in [-0.1, -0.05) is 6.92 Å². The Morgan fingerprint density at radius 1 is 1.33 bits per heavy atom. The molecule has 2 fully saturated rings. The van der Waals surface area contributed by atoms with Crippen molar-refractivity contribution in [1.29, 1.82) is 0 Å². The second-order valence-corrected chi connectivity index (χ2v) is 5.51. The molecule has 0 spiro atoms. The van der Waals surface area contributed by atoms with Crippen molar-refractivity contribution < 1.29 is 4.79 Å². The van der Waals surface area contributed by atoms with E-state index in [1.165, 1.54) is 37.9 Å². The highest BCUT2D eigenvalue weighted by Crippen LogP contribution is 2.37. The van der Waals surface area contributed by atoms with Gasteiger partial charge in [0.25, 0.3) is 0 Å². The number of aromatic nitrogens is 1. The quantitative estimate of drug-likeness (QED) is 0.721. The smallest absolute Gasteiger partial charge is 0.180 e. The molecule has 0 atom stereocenters. The molecule has 1 aromatic heterocycles. The highest BCUT2D eigenvalue weighted by atomic mass is 16.1. The molecule has 0 unspecified atom stereocenters. The predicted octanol–water partition coefficient (Wildman–Crippen LogP) is 3.05. The third-order valence-electron chi connectivity index (χ3n) is 3.83. The van der Waals surface area contributed by atoms with E-state index in [4.69, 9.17) is 0 Å².